The van der Waals surface area contributed by atoms with E-state index in [1.165, 1.54) is 0 Å². The van der Waals surface area contributed by atoms with Crippen LogP contribution in [0.25, 0.3) is 0 Å². The summed E-state index contributed by atoms with van der Waals surface area (Å²) in [6, 6.07) is 0.375. The number of hydrogen-bond donors (Lipinski definition) is 2. The van der Waals surface area contributed by atoms with Gasteiger partial charge in [-0.2, -0.15) is 0 Å². The maximum atomic E-state index is 12.0. The second kappa shape index (κ2) is 8.30. The fourth-order valence-electron chi connectivity index (χ4n) is 2.10. The Balaban J connectivity index is 0. The number of nitrogens with two attached hydrogens (primary N) is 1. The minimum atomic E-state index is -0.433. The zero-order valence-electron chi connectivity index (χ0n) is 12.6. The fourth-order valence-corrected chi connectivity index (χ4v) is 2.10. The molecule has 2 unspecified atom stereocenters. The fraction of sp³-hybridized carbons (Fsp3) is 0.923. The first-order valence-electron chi connectivity index (χ1n) is 6.48. The van der Waals surface area contributed by atoms with Crippen LogP contribution in [0.2, 0.25) is 0 Å². The number of hydrogen-bond acceptors (Lipinski definition) is 3. The molecule has 0 radical (unpaired) electrons. The average molecular weight is 314 g/mol. The molecule has 0 spiro atoms. The molecular formula is C13H29Cl2N3O. The topological polar surface area (TPSA) is 58.4 Å². The van der Waals surface area contributed by atoms with E-state index >= 15 is 0 Å². The zero-order chi connectivity index (χ0) is 13.2. The third-order valence-corrected chi connectivity index (χ3v) is 3.77. The Kier molecular flexibility index (Phi) is 9.29. The quantitative estimate of drug-likeness (QED) is 0.817. The number of piperidine rings is 1. The summed E-state index contributed by atoms with van der Waals surface area (Å²) in [5, 5.41) is 3.09. The highest BCUT2D eigenvalue weighted by molar-refractivity contribution is 5.85. The van der Waals surface area contributed by atoms with Crippen molar-refractivity contribution in [3.8, 4) is 0 Å². The predicted molar refractivity (Wildman–Crippen MR) is 85.2 cm³/mol. The number of nitrogens with zero attached hydrogens (tertiary/aromatic N) is 1. The number of amides is 1. The van der Waals surface area contributed by atoms with E-state index in [-0.39, 0.29) is 42.2 Å². The van der Waals surface area contributed by atoms with Crippen molar-refractivity contribution in [1.82, 2.24) is 10.2 Å². The van der Waals surface area contributed by atoms with Crippen molar-refractivity contribution >= 4 is 30.7 Å². The van der Waals surface area contributed by atoms with E-state index in [4.69, 9.17) is 5.73 Å². The van der Waals surface area contributed by atoms with Crippen LogP contribution in [0.1, 0.15) is 40.5 Å². The van der Waals surface area contributed by atoms with Crippen molar-refractivity contribution in [2.24, 2.45) is 11.1 Å². The van der Waals surface area contributed by atoms with Crippen molar-refractivity contribution in [3.05, 3.63) is 0 Å². The highest BCUT2D eigenvalue weighted by atomic mass is 35.5. The number of nitrogens with one attached hydrogen (secondary N) is 1. The summed E-state index contributed by atoms with van der Waals surface area (Å²) in [6.45, 7) is 9.22. The maximum absolute atomic E-state index is 12.0. The van der Waals surface area contributed by atoms with Crippen LogP contribution in [0.3, 0.4) is 0 Å². The molecule has 1 saturated heterocycles. The molecular weight excluding hydrogens is 285 g/mol. The molecule has 1 rings (SSSR count). The Hall–Kier alpha value is -0.0300. The monoisotopic (exact) mass is 313 g/mol. The lowest BCUT2D eigenvalue weighted by atomic mass is 9.86. The smallest absolute Gasteiger partial charge is 0.237 e. The van der Waals surface area contributed by atoms with E-state index in [0.717, 1.165) is 19.4 Å². The first kappa shape index (κ1) is 21.3. The Bertz CT molecular complexity index is 282. The van der Waals surface area contributed by atoms with E-state index in [9.17, 15) is 4.79 Å². The molecule has 1 aliphatic rings. The molecule has 0 aliphatic carbocycles. The number of carbonyl (C=O) groups is 1. The van der Waals surface area contributed by atoms with Gasteiger partial charge in [0.15, 0.2) is 0 Å². The van der Waals surface area contributed by atoms with Gasteiger partial charge in [0.05, 0.1) is 6.04 Å². The Labute approximate surface area is 129 Å². The summed E-state index contributed by atoms with van der Waals surface area (Å²) in [7, 11) is 2.13. The lowest BCUT2D eigenvalue weighted by molar-refractivity contribution is -0.125. The summed E-state index contributed by atoms with van der Waals surface area (Å²) in [5.41, 5.74) is 5.77. The Morgan fingerprint density at radius 1 is 1.37 bits per heavy atom. The van der Waals surface area contributed by atoms with Crippen LogP contribution < -0.4 is 11.1 Å². The van der Waals surface area contributed by atoms with Crippen LogP contribution in [-0.4, -0.2) is 42.5 Å². The van der Waals surface area contributed by atoms with Crippen molar-refractivity contribution < 1.29 is 4.79 Å². The summed E-state index contributed by atoms with van der Waals surface area (Å²) in [5.74, 6) is -0.0146. The van der Waals surface area contributed by atoms with Gasteiger partial charge in [0.1, 0.15) is 0 Å². The van der Waals surface area contributed by atoms with Gasteiger partial charge in [-0.1, -0.05) is 20.8 Å². The molecule has 3 N–H and O–H groups in total. The van der Waals surface area contributed by atoms with Gasteiger partial charge in [-0.3, -0.25) is 4.79 Å². The minimum absolute atomic E-state index is 0. The first-order chi connectivity index (χ1) is 7.71. The standard InChI is InChI=1S/C13H27N3O.2ClH/c1-9-8-10(6-7-16(9)5)15-12(17)11(14)13(2,3)4;;/h9-11H,6-8,14H2,1-5H3,(H,15,17);2*1H/t9?,10?,11-;;/m1../s1. The molecule has 19 heavy (non-hydrogen) atoms. The molecule has 0 aromatic heterocycles. The molecule has 1 aliphatic heterocycles. The molecule has 3 atom stereocenters. The predicted octanol–water partition coefficient (Wildman–Crippen LogP) is 1.80. The van der Waals surface area contributed by atoms with Crippen LogP contribution in [-0.2, 0) is 4.79 Å². The number of likely N-dealkylation sites (tertiary alicyclic amines) is 1. The third kappa shape index (κ3) is 6.30. The third-order valence-electron chi connectivity index (χ3n) is 3.77. The molecule has 4 nitrogen and oxygen atoms in total. The number of carbonyl (C=O) groups excluding carboxylic acids is 1. The van der Waals surface area contributed by atoms with Crippen LogP contribution in [0, 0.1) is 5.41 Å². The lowest BCUT2D eigenvalue weighted by Crippen LogP contribution is -2.54. The van der Waals surface area contributed by atoms with E-state index in [1.807, 2.05) is 20.8 Å². The van der Waals surface area contributed by atoms with E-state index in [1.54, 1.807) is 0 Å². The summed E-state index contributed by atoms with van der Waals surface area (Å²) < 4.78 is 0. The van der Waals surface area contributed by atoms with Gasteiger partial charge in [0, 0.05) is 18.6 Å². The Morgan fingerprint density at radius 3 is 2.32 bits per heavy atom. The Morgan fingerprint density at radius 2 is 1.89 bits per heavy atom. The highest BCUT2D eigenvalue weighted by Crippen LogP contribution is 2.19. The van der Waals surface area contributed by atoms with Gasteiger partial charge >= 0.3 is 0 Å². The SMILES string of the molecule is CC1CC(NC(=O)[C@@H](N)C(C)(C)C)CCN1C.Cl.Cl. The molecule has 0 saturated carbocycles. The zero-order valence-corrected chi connectivity index (χ0v) is 14.2. The van der Waals surface area contributed by atoms with Crippen molar-refractivity contribution in [2.45, 2.75) is 58.7 Å². The molecule has 1 amide bonds. The van der Waals surface area contributed by atoms with Crippen LogP contribution >= 0.6 is 24.8 Å². The van der Waals surface area contributed by atoms with Crippen molar-refractivity contribution in [2.75, 3.05) is 13.6 Å². The van der Waals surface area contributed by atoms with E-state index < -0.39 is 6.04 Å². The van der Waals surface area contributed by atoms with Crippen LogP contribution in [0.15, 0.2) is 0 Å². The largest absolute Gasteiger partial charge is 0.352 e. The van der Waals surface area contributed by atoms with E-state index in [2.05, 4.69) is 24.2 Å². The molecule has 116 valence electrons. The number of rotatable bonds is 2. The molecule has 6 heteroatoms. The normalized spacial score (nSPS) is 25.8. The summed E-state index contributed by atoms with van der Waals surface area (Å²) in [6.07, 6.45) is 2.03. The number of halogens is 2. The summed E-state index contributed by atoms with van der Waals surface area (Å²) in [4.78, 5) is 14.3. The second-order valence-corrected chi connectivity index (χ2v) is 6.40. The average Bonchev–Trinajstić information content (AvgIpc) is 2.21. The second-order valence-electron chi connectivity index (χ2n) is 6.40. The molecule has 0 aromatic carbocycles. The molecule has 1 fully saturated rings. The minimum Gasteiger partial charge on any atom is -0.352 e. The van der Waals surface area contributed by atoms with Gasteiger partial charge in [0.2, 0.25) is 5.91 Å². The maximum Gasteiger partial charge on any atom is 0.237 e. The highest BCUT2D eigenvalue weighted by Gasteiger charge is 2.30. The van der Waals surface area contributed by atoms with Gasteiger partial charge in [-0.15, -0.1) is 24.8 Å². The lowest BCUT2D eigenvalue weighted by Gasteiger charge is -2.36. The van der Waals surface area contributed by atoms with Crippen molar-refractivity contribution in [3.63, 3.8) is 0 Å². The molecule has 0 bridgehead atoms. The molecule has 1 heterocycles. The summed E-state index contributed by atoms with van der Waals surface area (Å²) >= 11 is 0. The van der Waals surface area contributed by atoms with Gasteiger partial charge in [0.25, 0.3) is 0 Å². The van der Waals surface area contributed by atoms with Gasteiger partial charge < -0.3 is 16.0 Å². The first-order valence-corrected chi connectivity index (χ1v) is 6.48. The van der Waals surface area contributed by atoms with Crippen molar-refractivity contribution in [1.29, 1.82) is 0 Å². The molecule has 0 aromatic rings. The van der Waals surface area contributed by atoms with Gasteiger partial charge in [-0.25, -0.2) is 0 Å². The van der Waals surface area contributed by atoms with Gasteiger partial charge in [-0.05, 0) is 32.2 Å². The van der Waals surface area contributed by atoms with Crippen LogP contribution in [0.5, 0.6) is 0 Å². The van der Waals surface area contributed by atoms with E-state index in [0.29, 0.717) is 6.04 Å². The van der Waals surface area contributed by atoms with Crippen LogP contribution in [0.4, 0.5) is 0 Å².